The Labute approximate surface area is 115 Å². The molecular formula is C15H23N3O. The minimum atomic E-state index is 0.0160. The molecule has 0 spiro atoms. The summed E-state index contributed by atoms with van der Waals surface area (Å²) in [6.07, 6.45) is 3.97. The Morgan fingerprint density at radius 3 is 2.42 bits per heavy atom. The fraction of sp³-hybridized carbons (Fsp3) is 0.533. The van der Waals surface area contributed by atoms with Crippen molar-refractivity contribution >= 4 is 17.3 Å². The first-order valence-corrected chi connectivity index (χ1v) is 7.09. The number of carbonyl (C=O) groups excluding carboxylic acids is 1. The quantitative estimate of drug-likeness (QED) is 0.799. The normalized spacial score (nSPS) is 15.1. The molecule has 1 amide bonds. The highest BCUT2D eigenvalue weighted by Crippen LogP contribution is 2.21. The van der Waals surface area contributed by atoms with Crippen LogP contribution < -0.4 is 15.5 Å². The van der Waals surface area contributed by atoms with Gasteiger partial charge in [0, 0.05) is 44.5 Å². The summed E-state index contributed by atoms with van der Waals surface area (Å²) in [5, 5.41) is 6.07. The van der Waals surface area contributed by atoms with Gasteiger partial charge in [-0.3, -0.25) is 4.79 Å². The van der Waals surface area contributed by atoms with Crippen molar-refractivity contribution in [1.29, 1.82) is 0 Å². The fourth-order valence-corrected chi connectivity index (χ4v) is 2.39. The second-order valence-corrected chi connectivity index (χ2v) is 5.00. The zero-order valence-electron chi connectivity index (χ0n) is 11.6. The highest BCUT2D eigenvalue weighted by Gasteiger charge is 2.10. The van der Waals surface area contributed by atoms with Crippen LogP contribution in [0.3, 0.4) is 0 Å². The van der Waals surface area contributed by atoms with Crippen molar-refractivity contribution in [1.82, 2.24) is 5.32 Å². The van der Waals surface area contributed by atoms with Crippen LogP contribution in [0.4, 0.5) is 11.4 Å². The summed E-state index contributed by atoms with van der Waals surface area (Å²) in [7, 11) is 0. The summed E-state index contributed by atoms with van der Waals surface area (Å²) in [6, 6.07) is 8.56. The Morgan fingerprint density at radius 2 is 1.79 bits per heavy atom. The predicted octanol–water partition coefficient (Wildman–Crippen LogP) is 2.22. The van der Waals surface area contributed by atoms with E-state index in [1.54, 1.807) is 0 Å². The van der Waals surface area contributed by atoms with Crippen molar-refractivity contribution in [2.45, 2.75) is 26.2 Å². The molecule has 0 atom stereocenters. The molecule has 1 saturated heterocycles. The molecule has 4 heteroatoms. The summed E-state index contributed by atoms with van der Waals surface area (Å²) in [4.78, 5) is 13.2. The van der Waals surface area contributed by atoms with Gasteiger partial charge in [0.1, 0.15) is 0 Å². The standard InChI is InChI=1S/C15H23N3O/c1-13(19)16-9-10-17-14-5-7-15(8-6-14)18-11-3-2-4-12-18/h5-8,17H,2-4,9-12H2,1H3,(H,16,19). The van der Waals surface area contributed by atoms with Crippen LogP contribution in [-0.2, 0) is 4.79 Å². The summed E-state index contributed by atoms with van der Waals surface area (Å²) in [6.45, 7) is 5.30. The average Bonchev–Trinajstić information content (AvgIpc) is 2.45. The van der Waals surface area contributed by atoms with E-state index >= 15 is 0 Å². The van der Waals surface area contributed by atoms with Gasteiger partial charge in [0.25, 0.3) is 0 Å². The van der Waals surface area contributed by atoms with Crippen molar-refractivity contribution in [2.24, 2.45) is 0 Å². The third kappa shape index (κ3) is 4.47. The van der Waals surface area contributed by atoms with Crippen LogP contribution in [0.1, 0.15) is 26.2 Å². The van der Waals surface area contributed by atoms with E-state index in [1.165, 1.54) is 45.0 Å². The maximum atomic E-state index is 10.7. The largest absolute Gasteiger partial charge is 0.383 e. The minimum absolute atomic E-state index is 0.0160. The van der Waals surface area contributed by atoms with Crippen molar-refractivity contribution in [3.63, 3.8) is 0 Å². The molecule has 0 saturated carbocycles. The number of nitrogens with one attached hydrogen (secondary N) is 2. The number of hydrogen-bond donors (Lipinski definition) is 2. The van der Waals surface area contributed by atoms with E-state index in [-0.39, 0.29) is 5.91 Å². The van der Waals surface area contributed by atoms with Crippen LogP contribution in [-0.4, -0.2) is 32.1 Å². The summed E-state index contributed by atoms with van der Waals surface area (Å²) in [5.74, 6) is 0.0160. The minimum Gasteiger partial charge on any atom is -0.383 e. The number of hydrogen-bond acceptors (Lipinski definition) is 3. The number of carbonyl (C=O) groups is 1. The summed E-state index contributed by atoms with van der Waals surface area (Å²) in [5.41, 5.74) is 2.42. The molecule has 2 N–H and O–H groups in total. The number of anilines is 2. The lowest BCUT2D eigenvalue weighted by Gasteiger charge is -2.28. The van der Waals surface area contributed by atoms with Gasteiger partial charge < -0.3 is 15.5 Å². The Hall–Kier alpha value is -1.71. The Bertz CT molecular complexity index is 396. The lowest BCUT2D eigenvalue weighted by atomic mass is 10.1. The molecule has 1 aliphatic rings. The van der Waals surface area contributed by atoms with Gasteiger partial charge in [0.15, 0.2) is 0 Å². The van der Waals surface area contributed by atoms with E-state index in [2.05, 4.69) is 39.8 Å². The molecule has 1 aliphatic heterocycles. The second-order valence-electron chi connectivity index (χ2n) is 5.00. The second kappa shape index (κ2) is 7.02. The molecule has 0 aromatic heterocycles. The maximum Gasteiger partial charge on any atom is 0.216 e. The lowest BCUT2D eigenvalue weighted by Crippen LogP contribution is -2.29. The van der Waals surface area contributed by atoms with E-state index in [4.69, 9.17) is 0 Å². The number of piperidine rings is 1. The zero-order chi connectivity index (χ0) is 13.5. The smallest absolute Gasteiger partial charge is 0.216 e. The van der Waals surface area contributed by atoms with Crippen molar-refractivity contribution < 1.29 is 4.79 Å². The zero-order valence-corrected chi connectivity index (χ0v) is 11.6. The van der Waals surface area contributed by atoms with E-state index in [0.717, 1.165) is 12.2 Å². The number of benzene rings is 1. The molecule has 0 unspecified atom stereocenters. The third-order valence-electron chi connectivity index (χ3n) is 3.42. The van der Waals surface area contributed by atoms with Gasteiger partial charge in [-0.05, 0) is 43.5 Å². The maximum absolute atomic E-state index is 10.7. The van der Waals surface area contributed by atoms with Crippen LogP contribution in [0.2, 0.25) is 0 Å². The number of amides is 1. The molecule has 19 heavy (non-hydrogen) atoms. The summed E-state index contributed by atoms with van der Waals surface area (Å²) < 4.78 is 0. The number of nitrogens with zero attached hydrogens (tertiary/aromatic N) is 1. The molecule has 0 aliphatic carbocycles. The van der Waals surface area contributed by atoms with Gasteiger partial charge in [-0.15, -0.1) is 0 Å². The first-order chi connectivity index (χ1) is 9.25. The van der Waals surface area contributed by atoms with Gasteiger partial charge in [-0.25, -0.2) is 0 Å². The summed E-state index contributed by atoms with van der Waals surface area (Å²) >= 11 is 0. The molecule has 2 rings (SSSR count). The van der Waals surface area contributed by atoms with Gasteiger partial charge in [-0.1, -0.05) is 0 Å². The van der Waals surface area contributed by atoms with Crippen LogP contribution in [0.25, 0.3) is 0 Å². The Kier molecular flexibility index (Phi) is 5.07. The van der Waals surface area contributed by atoms with Gasteiger partial charge in [0.05, 0.1) is 0 Å². The van der Waals surface area contributed by atoms with Crippen LogP contribution in [0.5, 0.6) is 0 Å². The SMILES string of the molecule is CC(=O)NCCNc1ccc(N2CCCCC2)cc1. The molecule has 4 nitrogen and oxygen atoms in total. The van der Waals surface area contributed by atoms with Crippen LogP contribution >= 0.6 is 0 Å². The first-order valence-electron chi connectivity index (χ1n) is 7.09. The van der Waals surface area contributed by atoms with Gasteiger partial charge >= 0.3 is 0 Å². The molecule has 1 heterocycles. The van der Waals surface area contributed by atoms with Crippen molar-refractivity contribution in [3.05, 3.63) is 24.3 Å². The van der Waals surface area contributed by atoms with E-state index in [1.807, 2.05) is 0 Å². The van der Waals surface area contributed by atoms with E-state index < -0.39 is 0 Å². The van der Waals surface area contributed by atoms with Gasteiger partial charge in [0.2, 0.25) is 5.91 Å². The van der Waals surface area contributed by atoms with Crippen molar-refractivity contribution in [3.8, 4) is 0 Å². The number of rotatable bonds is 5. The molecule has 104 valence electrons. The Morgan fingerprint density at radius 1 is 1.11 bits per heavy atom. The highest BCUT2D eigenvalue weighted by atomic mass is 16.1. The molecule has 0 radical (unpaired) electrons. The highest BCUT2D eigenvalue weighted by molar-refractivity contribution is 5.72. The first kappa shape index (κ1) is 13.7. The molecule has 1 aromatic rings. The predicted molar refractivity (Wildman–Crippen MR) is 79.7 cm³/mol. The van der Waals surface area contributed by atoms with Crippen LogP contribution in [0, 0.1) is 0 Å². The fourth-order valence-electron chi connectivity index (χ4n) is 2.39. The Balaban J connectivity index is 1.79. The van der Waals surface area contributed by atoms with Crippen molar-refractivity contribution in [2.75, 3.05) is 36.4 Å². The van der Waals surface area contributed by atoms with E-state index in [0.29, 0.717) is 6.54 Å². The van der Waals surface area contributed by atoms with Gasteiger partial charge in [-0.2, -0.15) is 0 Å². The third-order valence-corrected chi connectivity index (χ3v) is 3.42. The van der Waals surface area contributed by atoms with Crippen LogP contribution in [0.15, 0.2) is 24.3 Å². The monoisotopic (exact) mass is 261 g/mol. The lowest BCUT2D eigenvalue weighted by molar-refractivity contribution is -0.118. The molecular weight excluding hydrogens is 238 g/mol. The van der Waals surface area contributed by atoms with E-state index in [9.17, 15) is 4.79 Å². The average molecular weight is 261 g/mol. The molecule has 1 aromatic carbocycles. The molecule has 1 fully saturated rings. The topological polar surface area (TPSA) is 44.4 Å². The molecule has 0 bridgehead atoms.